The molecule has 2 amide bonds. The van der Waals surface area contributed by atoms with Crippen LogP contribution in [0.1, 0.15) is 58.3 Å². The van der Waals surface area contributed by atoms with Crippen molar-refractivity contribution in [3.8, 4) is 0 Å². The Bertz CT molecular complexity index is 282. The van der Waals surface area contributed by atoms with Gasteiger partial charge in [0.1, 0.15) is 0 Å². The molecule has 1 N–H and O–H groups in total. The van der Waals surface area contributed by atoms with E-state index in [1.54, 1.807) is 0 Å². The number of amides is 2. The van der Waals surface area contributed by atoms with Crippen LogP contribution in [-0.2, 0) is 9.59 Å². The standard InChI is InChI=1S/C13H21NO2/c1-2-3-4-5-6-7-8-9-11-10-12(15)14-13(11)16/h10H,2-9H2,1H3,(H,14,15,16). The fourth-order valence-corrected chi connectivity index (χ4v) is 1.91. The summed E-state index contributed by atoms with van der Waals surface area (Å²) in [5, 5.41) is 2.27. The third-order valence-electron chi connectivity index (χ3n) is 2.88. The van der Waals surface area contributed by atoms with E-state index in [4.69, 9.17) is 0 Å². The number of nitrogens with one attached hydrogen (secondary N) is 1. The fourth-order valence-electron chi connectivity index (χ4n) is 1.91. The van der Waals surface area contributed by atoms with Crippen LogP contribution in [0.4, 0.5) is 0 Å². The molecule has 0 aromatic carbocycles. The Labute approximate surface area is 97.3 Å². The van der Waals surface area contributed by atoms with Crippen molar-refractivity contribution in [2.45, 2.75) is 58.3 Å². The van der Waals surface area contributed by atoms with E-state index >= 15 is 0 Å². The van der Waals surface area contributed by atoms with Crippen LogP contribution in [0.2, 0.25) is 0 Å². The first kappa shape index (κ1) is 12.9. The molecule has 0 fully saturated rings. The summed E-state index contributed by atoms with van der Waals surface area (Å²) in [7, 11) is 0. The monoisotopic (exact) mass is 223 g/mol. The Morgan fingerprint density at radius 3 is 2.19 bits per heavy atom. The maximum Gasteiger partial charge on any atom is 0.254 e. The van der Waals surface area contributed by atoms with Gasteiger partial charge in [-0.05, 0) is 12.8 Å². The zero-order chi connectivity index (χ0) is 11.8. The number of imide groups is 1. The highest BCUT2D eigenvalue weighted by Gasteiger charge is 2.19. The summed E-state index contributed by atoms with van der Waals surface area (Å²) < 4.78 is 0. The summed E-state index contributed by atoms with van der Waals surface area (Å²) in [6.07, 6.45) is 10.8. The second kappa shape index (κ2) is 7.20. The van der Waals surface area contributed by atoms with Gasteiger partial charge in [-0.25, -0.2) is 0 Å². The zero-order valence-corrected chi connectivity index (χ0v) is 10.1. The van der Waals surface area contributed by atoms with Gasteiger partial charge in [0, 0.05) is 11.6 Å². The molecule has 0 aromatic heterocycles. The number of carbonyl (C=O) groups excluding carboxylic acids is 2. The average molecular weight is 223 g/mol. The van der Waals surface area contributed by atoms with Gasteiger partial charge in [0.15, 0.2) is 0 Å². The summed E-state index contributed by atoms with van der Waals surface area (Å²) in [4.78, 5) is 22.1. The molecule has 0 radical (unpaired) electrons. The zero-order valence-electron chi connectivity index (χ0n) is 10.1. The van der Waals surface area contributed by atoms with E-state index in [0.717, 1.165) is 19.3 Å². The molecule has 0 atom stereocenters. The molecule has 0 aliphatic carbocycles. The maximum absolute atomic E-state index is 11.2. The van der Waals surface area contributed by atoms with Crippen LogP contribution in [-0.4, -0.2) is 11.8 Å². The first-order valence-electron chi connectivity index (χ1n) is 6.30. The van der Waals surface area contributed by atoms with Crippen LogP contribution < -0.4 is 5.32 Å². The lowest BCUT2D eigenvalue weighted by molar-refractivity contribution is -0.123. The van der Waals surface area contributed by atoms with Crippen molar-refractivity contribution in [1.29, 1.82) is 0 Å². The maximum atomic E-state index is 11.2. The summed E-state index contributed by atoms with van der Waals surface area (Å²) >= 11 is 0. The Balaban J connectivity index is 2.01. The molecule has 3 nitrogen and oxygen atoms in total. The van der Waals surface area contributed by atoms with Gasteiger partial charge in [0.05, 0.1) is 0 Å². The first-order valence-corrected chi connectivity index (χ1v) is 6.30. The van der Waals surface area contributed by atoms with Gasteiger partial charge in [-0.3, -0.25) is 14.9 Å². The third-order valence-corrected chi connectivity index (χ3v) is 2.88. The highest BCUT2D eigenvalue weighted by Crippen LogP contribution is 2.14. The van der Waals surface area contributed by atoms with Crippen LogP contribution in [0.3, 0.4) is 0 Å². The molecule has 3 heteroatoms. The lowest BCUT2D eigenvalue weighted by atomic mass is 10.0. The average Bonchev–Trinajstić information content (AvgIpc) is 2.56. The van der Waals surface area contributed by atoms with Crippen molar-refractivity contribution in [1.82, 2.24) is 5.32 Å². The van der Waals surface area contributed by atoms with Gasteiger partial charge >= 0.3 is 0 Å². The van der Waals surface area contributed by atoms with Gasteiger partial charge < -0.3 is 0 Å². The van der Waals surface area contributed by atoms with Gasteiger partial charge in [-0.2, -0.15) is 0 Å². The van der Waals surface area contributed by atoms with Crippen molar-refractivity contribution in [3.63, 3.8) is 0 Å². The van der Waals surface area contributed by atoms with Crippen LogP contribution in [0, 0.1) is 0 Å². The number of carbonyl (C=O) groups is 2. The minimum Gasteiger partial charge on any atom is -0.289 e. The van der Waals surface area contributed by atoms with Crippen molar-refractivity contribution < 1.29 is 9.59 Å². The summed E-state index contributed by atoms with van der Waals surface area (Å²) in [6.45, 7) is 2.21. The molecule has 0 bridgehead atoms. The number of rotatable bonds is 8. The van der Waals surface area contributed by atoms with E-state index in [9.17, 15) is 9.59 Å². The first-order chi connectivity index (χ1) is 7.74. The summed E-state index contributed by atoms with van der Waals surface area (Å²) in [5.74, 6) is -0.459. The summed E-state index contributed by atoms with van der Waals surface area (Å²) in [5.41, 5.74) is 0.651. The Hall–Kier alpha value is -1.12. The minimum absolute atomic E-state index is 0.198. The van der Waals surface area contributed by atoms with Crippen LogP contribution in [0.15, 0.2) is 11.6 Å². The van der Waals surface area contributed by atoms with Crippen molar-refractivity contribution in [3.05, 3.63) is 11.6 Å². The molecule has 16 heavy (non-hydrogen) atoms. The second-order valence-corrected chi connectivity index (χ2v) is 4.36. The molecule has 0 aromatic rings. The number of hydrogen-bond acceptors (Lipinski definition) is 2. The lowest BCUT2D eigenvalue weighted by Gasteiger charge is -2.01. The van der Waals surface area contributed by atoms with Crippen LogP contribution in [0.5, 0.6) is 0 Å². The number of unbranched alkanes of at least 4 members (excludes halogenated alkanes) is 6. The fraction of sp³-hybridized carbons (Fsp3) is 0.692. The van der Waals surface area contributed by atoms with Gasteiger partial charge in [-0.15, -0.1) is 0 Å². The van der Waals surface area contributed by atoms with Crippen molar-refractivity contribution in [2.75, 3.05) is 0 Å². The Morgan fingerprint density at radius 1 is 1.00 bits per heavy atom. The van der Waals surface area contributed by atoms with E-state index < -0.39 is 0 Å². The van der Waals surface area contributed by atoms with Crippen molar-refractivity contribution >= 4 is 11.8 Å². The third kappa shape index (κ3) is 4.60. The lowest BCUT2D eigenvalue weighted by Crippen LogP contribution is -2.22. The van der Waals surface area contributed by atoms with Gasteiger partial charge in [0.2, 0.25) is 0 Å². The Kier molecular flexibility index (Phi) is 5.83. The predicted octanol–water partition coefficient (Wildman–Crippen LogP) is 2.71. The predicted molar refractivity (Wildman–Crippen MR) is 63.8 cm³/mol. The molecule has 0 unspecified atom stereocenters. The smallest absolute Gasteiger partial charge is 0.254 e. The SMILES string of the molecule is CCCCCCCCCC1=CC(=O)NC1=O. The molecule has 1 heterocycles. The van der Waals surface area contributed by atoms with E-state index in [1.165, 1.54) is 38.2 Å². The second-order valence-electron chi connectivity index (χ2n) is 4.36. The van der Waals surface area contributed by atoms with E-state index in [1.807, 2.05) is 0 Å². The van der Waals surface area contributed by atoms with E-state index in [-0.39, 0.29) is 11.8 Å². The van der Waals surface area contributed by atoms with Gasteiger partial charge in [-0.1, -0.05) is 45.4 Å². The molecule has 1 aliphatic rings. The molecule has 0 saturated heterocycles. The Morgan fingerprint density at radius 2 is 1.62 bits per heavy atom. The summed E-state index contributed by atoms with van der Waals surface area (Å²) in [6, 6.07) is 0. The molecule has 1 aliphatic heterocycles. The van der Waals surface area contributed by atoms with E-state index in [2.05, 4.69) is 12.2 Å². The minimum atomic E-state index is -0.261. The molecule has 90 valence electrons. The van der Waals surface area contributed by atoms with Crippen molar-refractivity contribution in [2.24, 2.45) is 0 Å². The van der Waals surface area contributed by atoms with Crippen LogP contribution in [0.25, 0.3) is 0 Å². The quantitative estimate of drug-likeness (QED) is 0.508. The van der Waals surface area contributed by atoms with E-state index in [0.29, 0.717) is 5.57 Å². The molecule has 0 spiro atoms. The van der Waals surface area contributed by atoms with Crippen LogP contribution >= 0.6 is 0 Å². The molecular formula is C13H21NO2. The number of hydrogen-bond donors (Lipinski definition) is 1. The highest BCUT2D eigenvalue weighted by atomic mass is 16.2. The highest BCUT2D eigenvalue weighted by molar-refractivity contribution is 6.16. The molecule has 0 saturated carbocycles. The van der Waals surface area contributed by atoms with Gasteiger partial charge in [0.25, 0.3) is 11.8 Å². The largest absolute Gasteiger partial charge is 0.289 e. The normalized spacial score (nSPS) is 15.2. The topological polar surface area (TPSA) is 46.2 Å². The molecule has 1 rings (SSSR count). The molecular weight excluding hydrogens is 202 g/mol.